The number of hydrogen-bond donors (Lipinski definition) is 0. The van der Waals surface area contributed by atoms with Crippen molar-refractivity contribution in [3.63, 3.8) is 0 Å². The lowest BCUT2D eigenvalue weighted by atomic mass is 10.3. The second kappa shape index (κ2) is 5.78. The molecule has 0 aromatic carbocycles. The Morgan fingerprint density at radius 1 is 1.00 bits per heavy atom. The highest BCUT2D eigenvalue weighted by molar-refractivity contribution is 7.22. The molecule has 0 atom stereocenters. The number of thiophene rings is 1. The maximum Gasteiger partial charge on any atom is 0.174 e. The molecule has 7 nitrogen and oxygen atoms in total. The third-order valence-corrected chi connectivity index (χ3v) is 6.07. The molecule has 1 fully saturated rings. The summed E-state index contributed by atoms with van der Waals surface area (Å²) in [6.45, 7) is 8.43. The molecule has 8 heteroatoms. The van der Waals surface area contributed by atoms with Gasteiger partial charge in [0.15, 0.2) is 11.5 Å². The SMILES string of the molecule is Cc1cn2nc(-n3cc4sc(N5CCN(C)CC5)cc4n3)cc(C)c2n1. The van der Waals surface area contributed by atoms with Gasteiger partial charge in [-0.3, -0.25) is 0 Å². The molecule has 0 bridgehead atoms. The Kier molecular flexibility index (Phi) is 3.51. The first-order chi connectivity index (χ1) is 12.6. The van der Waals surface area contributed by atoms with Gasteiger partial charge in [0.05, 0.1) is 27.8 Å². The van der Waals surface area contributed by atoms with Gasteiger partial charge >= 0.3 is 0 Å². The molecule has 134 valence electrons. The summed E-state index contributed by atoms with van der Waals surface area (Å²) in [4.78, 5) is 9.34. The van der Waals surface area contributed by atoms with Gasteiger partial charge in [0.1, 0.15) is 5.52 Å². The number of imidazole rings is 1. The van der Waals surface area contributed by atoms with E-state index in [4.69, 9.17) is 5.10 Å². The quantitative estimate of drug-likeness (QED) is 0.545. The number of anilines is 1. The number of aromatic nitrogens is 5. The molecular formula is C18H21N7S. The van der Waals surface area contributed by atoms with E-state index in [1.165, 1.54) is 9.70 Å². The van der Waals surface area contributed by atoms with Crippen molar-refractivity contribution in [2.24, 2.45) is 0 Å². The topological polar surface area (TPSA) is 54.5 Å². The normalized spacial score (nSPS) is 16.2. The molecule has 1 saturated heterocycles. The van der Waals surface area contributed by atoms with Crippen LogP contribution in [0.5, 0.6) is 0 Å². The van der Waals surface area contributed by atoms with Crippen molar-refractivity contribution in [3.8, 4) is 5.82 Å². The van der Waals surface area contributed by atoms with Crippen LogP contribution >= 0.6 is 11.3 Å². The van der Waals surface area contributed by atoms with E-state index in [9.17, 15) is 0 Å². The van der Waals surface area contributed by atoms with Crippen LogP contribution in [0.15, 0.2) is 24.5 Å². The van der Waals surface area contributed by atoms with Crippen molar-refractivity contribution in [3.05, 3.63) is 35.8 Å². The maximum absolute atomic E-state index is 4.76. The number of rotatable bonds is 2. The molecule has 0 saturated carbocycles. The largest absolute Gasteiger partial charge is 0.361 e. The van der Waals surface area contributed by atoms with Gasteiger partial charge in [0.2, 0.25) is 0 Å². The molecule has 4 aromatic rings. The zero-order valence-corrected chi connectivity index (χ0v) is 16.0. The van der Waals surface area contributed by atoms with Crippen molar-refractivity contribution in [1.29, 1.82) is 0 Å². The van der Waals surface area contributed by atoms with Gasteiger partial charge in [-0.05, 0) is 32.5 Å². The van der Waals surface area contributed by atoms with Crippen LogP contribution in [0.4, 0.5) is 5.00 Å². The molecule has 5 rings (SSSR count). The van der Waals surface area contributed by atoms with E-state index in [1.54, 1.807) is 0 Å². The van der Waals surface area contributed by atoms with Gasteiger partial charge in [-0.2, -0.15) is 5.10 Å². The van der Waals surface area contributed by atoms with Crippen LogP contribution in [-0.2, 0) is 0 Å². The van der Waals surface area contributed by atoms with Gasteiger partial charge in [-0.1, -0.05) is 0 Å². The van der Waals surface area contributed by atoms with Crippen LogP contribution in [0.3, 0.4) is 0 Å². The van der Waals surface area contributed by atoms with Gasteiger partial charge in [-0.25, -0.2) is 14.2 Å². The summed E-state index contributed by atoms with van der Waals surface area (Å²) >= 11 is 1.81. The smallest absolute Gasteiger partial charge is 0.174 e. The van der Waals surface area contributed by atoms with E-state index in [0.29, 0.717) is 0 Å². The molecular weight excluding hydrogens is 346 g/mol. The summed E-state index contributed by atoms with van der Waals surface area (Å²) in [5.41, 5.74) is 4.00. The highest BCUT2D eigenvalue weighted by Gasteiger charge is 2.18. The van der Waals surface area contributed by atoms with Crippen molar-refractivity contribution < 1.29 is 0 Å². The van der Waals surface area contributed by atoms with Crippen LogP contribution in [0.1, 0.15) is 11.3 Å². The first kappa shape index (κ1) is 15.8. The Labute approximate surface area is 155 Å². The zero-order valence-electron chi connectivity index (χ0n) is 15.2. The number of piperazine rings is 1. The van der Waals surface area contributed by atoms with E-state index in [2.05, 4.69) is 46.1 Å². The number of hydrogen-bond acceptors (Lipinski definition) is 6. The minimum Gasteiger partial charge on any atom is -0.361 e. The fraction of sp³-hybridized carbons (Fsp3) is 0.389. The lowest BCUT2D eigenvalue weighted by Crippen LogP contribution is -2.44. The average Bonchev–Trinajstić information content (AvgIpc) is 3.27. The van der Waals surface area contributed by atoms with Crippen molar-refractivity contribution in [2.45, 2.75) is 13.8 Å². The summed E-state index contributed by atoms with van der Waals surface area (Å²) in [7, 11) is 2.18. The molecule has 0 unspecified atom stereocenters. The molecule has 0 amide bonds. The highest BCUT2D eigenvalue weighted by atomic mass is 32.1. The molecule has 26 heavy (non-hydrogen) atoms. The molecule has 5 heterocycles. The van der Waals surface area contributed by atoms with Gasteiger partial charge in [0.25, 0.3) is 0 Å². The second-order valence-corrected chi connectivity index (χ2v) is 8.10. The second-order valence-electron chi connectivity index (χ2n) is 7.03. The fourth-order valence-electron chi connectivity index (χ4n) is 3.45. The summed E-state index contributed by atoms with van der Waals surface area (Å²) in [6, 6.07) is 4.24. The lowest BCUT2D eigenvalue weighted by molar-refractivity contribution is 0.313. The molecule has 0 N–H and O–H groups in total. The van der Waals surface area contributed by atoms with E-state index in [1.807, 2.05) is 39.7 Å². The predicted molar refractivity (Wildman–Crippen MR) is 105 cm³/mol. The van der Waals surface area contributed by atoms with E-state index >= 15 is 0 Å². The summed E-state index contributed by atoms with van der Waals surface area (Å²) < 4.78 is 4.91. The first-order valence-electron chi connectivity index (χ1n) is 8.83. The Balaban J connectivity index is 1.49. The van der Waals surface area contributed by atoms with Crippen LogP contribution in [0, 0.1) is 13.8 Å². The summed E-state index contributed by atoms with van der Waals surface area (Å²) in [5.74, 6) is 0.817. The van der Waals surface area contributed by atoms with Crippen LogP contribution < -0.4 is 4.90 Å². The lowest BCUT2D eigenvalue weighted by Gasteiger charge is -2.32. The Hall–Kier alpha value is -2.45. The maximum atomic E-state index is 4.76. The molecule has 1 aliphatic heterocycles. The van der Waals surface area contributed by atoms with Gasteiger partial charge in [-0.15, -0.1) is 16.4 Å². The number of aryl methyl sites for hydroxylation is 2. The van der Waals surface area contributed by atoms with Crippen LogP contribution in [0.2, 0.25) is 0 Å². The zero-order chi connectivity index (χ0) is 17.8. The summed E-state index contributed by atoms with van der Waals surface area (Å²) in [5, 5.41) is 10.7. The minimum absolute atomic E-state index is 0.817. The number of nitrogens with zero attached hydrogens (tertiary/aromatic N) is 7. The van der Waals surface area contributed by atoms with Crippen molar-refractivity contribution >= 4 is 32.2 Å². The van der Waals surface area contributed by atoms with E-state index in [0.717, 1.165) is 54.4 Å². The fourth-order valence-corrected chi connectivity index (χ4v) is 4.51. The minimum atomic E-state index is 0.817. The molecule has 4 aromatic heterocycles. The predicted octanol–water partition coefficient (Wildman–Crippen LogP) is 2.50. The van der Waals surface area contributed by atoms with E-state index in [-0.39, 0.29) is 0 Å². The van der Waals surface area contributed by atoms with Crippen LogP contribution in [0.25, 0.3) is 21.7 Å². The summed E-state index contributed by atoms with van der Waals surface area (Å²) in [6.07, 6.45) is 4.03. The molecule has 1 aliphatic rings. The third-order valence-electron chi connectivity index (χ3n) is 4.95. The molecule has 0 radical (unpaired) electrons. The third kappa shape index (κ3) is 2.57. The monoisotopic (exact) mass is 367 g/mol. The Bertz CT molecular complexity index is 1070. The van der Waals surface area contributed by atoms with Crippen LogP contribution in [-0.4, -0.2) is 62.5 Å². The van der Waals surface area contributed by atoms with E-state index < -0.39 is 0 Å². The first-order valence-corrected chi connectivity index (χ1v) is 9.65. The molecule has 0 aliphatic carbocycles. The highest BCUT2D eigenvalue weighted by Crippen LogP contribution is 2.33. The Morgan fingerprint density at radius 3 is 2.58 bits per heavy atom. The Morgan fingerprint density at radius 2 is 1.81 bits per heavy atom. The number of likely N-dealkylation sites (N-methyl/N-ethyl adjacent to an activating group) is 1. The average molecular weight is 367 g/mol. The van der Waals surface area contributed by atoms with Crippen molar-refractivity contribution in [2.75, 3.05) is 38.1 Å². The van der Waals surface area contributed by atoms with Gasteiger partial charge in [0, 0.05) is 32.2 Å². The molecule has 0 spiro atoms. The van der Waals surface area contributed by atoms with Gasteiger partial charge < -0.3 is 9.80 Å². The van der Waals surface area contributed by atoms with Crippen molar-refractivity contribution in [1.82, 2.24) is 29.3 Å². The number of fused-ring (bicyclic) bond motifs is 2. The standard InChI is InChI=1S/C18H21N7S/c1-12-8-16(21-25-10-13(2)19-18(12)25)24-11-15-14(20-24)9-17(26-15)23-6-4-22(3)5-7-23/h8-11H,4-7H2,1-3H3.